The van der Waals surface area contributed by atoms with Gasteiger partial charge in [-0.2, -0.15) is 0 Å². The fourth-order valence-corrected chi connectivity index (χ4v) is 1.71. The number of benzene rings is 1. The third-order valence-electron chi connectivity index (χ3n) is 2.69. The van der Waals surface area contributed by atoms with Gasteiger partial charge >= 0.3 is 0 Å². The van der Waals surface area contributed by atoms with Gasteiger partial charge in [0.2, 0.25) is 0 Å². The summed E-state index contributed by atoms with van der Waals surface area (Å²) < 4.78 is 5.09. The van der Waals surface area contributed by atoms with Gasteiger partial charge in [-0.05, 0) is 37.5 Å². The van der Waals surface area contributed by atoms with Crippen LogP contribution in [0.15, 0.2) is 18.2 Å². The number of methoxy groups -OCH3 is 1. The third-order valence-corrected chi connectivity index (χ3v) is 2.69. The third kappa shape index (κ3) is 3.65. The Kier molecular flexibility index (Phi) is 4.79. The van der Waals surface area contributed by atoms with Crippen LogP contribution in [0.5, 0.6) is 0 Å². The number of hydrogen-bond donors (Lipinski definition) is 1. The van der Waals surface area contributed by atoms with Crippen molar-refractivity contribution in [3.63, 3.8) is 0 Å². The molecule has 1 atom stereocenters. The summed E-state index contributed by atoms with van der Waals surface area (Å²) in [7, 11) is 1.73. The largest absolute Gasteiger partial charge is 0.383 e. The Bertz CT molecular complexity index is 289. The lowest BCUT2D eigenvalue weighted by Gasteiger charge is -2.15. The lowest BCUT2D eigenvalue weighted by molar-refractivity contribution is 0.171. The molecule has 0 aliphatic carbocycles. The Morgan fingerprint density at radius 3 is 2.40 bits per heavy atom. The van der Waals surface area contributed by atoms with E-state index in [0.717, 1.165) is 13.2 Å². The molecule has 2 heteroatoms. The van der Waals surface area contributed by atoms with Gasteiger partial charge in [-0.15, -0.1) is 0 Å². The highest BCUT2D eigenvalue weighted by Gasteiger charge is 2.04. The van der Waals surface area contributed by atoms with Crippen LogP contribution in [0.4, 0.5) is 0 Å². The minimum absolute atomic E-state index is 0.397. The quantitative estimate of drug-likeness (QED) is 0.800. The summed E-state index contributed by atoms with van der Waals surface area (Å²) in [4.78, 5) is 0. The maximum Gasteiger partial charge on any atom is 0.0613 e. The van der Waals surface area contributed by atoms with E-state index >= 15 is 0 Å². The molecule has 2 nitrogen and oxygen atoms in total. The molecule has 1 N–H and O–H groups in total. The summed E-state index contributed by atoms with van der Waals surface area (Å²) in [5, 5.41) is 3.46. The molecular formula is C13H21NO. The Hall–Kier alpha value is -0.860. The van der Waals surface area contributed by atoms with Crippen LogP contribution in [-0.2, 0) is 11.3 Å². The maximum absolute atomic E-state index is 5.09. The predicted molar refractivity (Wildman–Crippen MR) is 64.1 cm³/mol. The first-order valence-electron chi connectivity index (χ1n) is 5.42. The summed E-state index contributed by atoms with van der Waals surface area (Å²) in [6.45, 7) is 8.13. The van der Waals surface area contributed by atoms with E-state index in [0.29, 0.717) is 6.04 Å². The summed E-state index contributed by atoms with van der Waals surface area (Å²) >= 11 is 0. The van der Waals surface area contributed by atoms with Gasteiger partial charge in [-0.25, -0.2) is 0 Å². The molecule has 0 radical (unpaired) electrons. The van der Waals surface area contributed by atoms with Gasteiger partial charge in [0, 0.05) is 19.7 Å². The van der Waals surface area contributed by atoms with Crippen molar-refractivity contribution in [1.29, 1.82) is 0 Å². The summed E-state index contributed by atoms with van der Waals surface area (Å²) in [5.41, 5.74) is 4.11. The second kappa shape index (κ2) is 5.89. The summed E-state index contributed by atoms with van der Waals surface area (Å²) in [6, 6.07) is 6.82. The smallest absolute Gasteiger partial charge is 0.0613 e. The van der Waals surface area contributed by atoms with Crippen molar-refractivity contribution in [3.05, 3.63) is 34.9 Å². The van der Waals surface area contributed by atoms with Crippen LogP contribution < -0.4 is 5.32 Å². The molecule has 1 aromatic carbocycles. The number of aryl methyl sites for hydroxylation is 2. The van der Waals surface area contributed by atoms with Crippen molar-refractivity contribution in [2.45, 2.75) is 33.4 Å². The van der Waals surface area contributed by atoms with Crippen LogP contribution in [0.1, 0.15) is 23.6 Å². The van der Waals surface area contributed by atoms with E-state index in [-0.39, 0.29) is 0 Å². The van der Waals surface area contributed by atoms with Gasteiger partial charge in [0.05, 0.1) is 6.61 Å². The monoisotopic (exact) mass is 207 g/mol. The molecule has 0 aromatic heterocycles. The fraction of sp³-hybridized carbons (Fsp3) is 0.538. The molecule has 0 amide bonds. The zero-order valence-corrected chi connectivity index (χ0v) is 10.1. The van der Waals surface area contributed by atoms with Crippen LogP contribution in [0.2, 0.25) is 0 Å². The van der Waals surface area contributed by atoms with Crippen LogP contribution in [0.25, 0.3) is 0 Å². The van der Waals surface area contributed by atoms with Crippen LogP contribution >= 0.6 is 0 Å². The molecule has 84 valence electrons. The van der Waals surface area contributed by atoms with Crippen molar-refractivity contribution in [3.8, 4) is 0 Å². The first-order valence-corrected chi connectivity index (χ1v) is 5.42. The second-order valence-corrected chi connectivity index (χ2v) is 4.11. The van der Waals surface area contributed by atoms with Crippen LogP contribution in [-0.4, -0.2) is 19.8 Å². The molecular weight excluding hydrogens is 186 g/mol. The molecule has 15 heavy (non-hydrogen) atoms. The summed E-state index contributed by atoms with van der Waals surface area (Å²) in [5.74, 6) is 0. The average molecular weight is 207 g/mol. The van der Waals surface area contributed by atoms with Gasteiger partial charge in [-0.1, -0.05) is 18.2 Å². The molecule has 0 fully saturated rings. The van der Waals surface area contributed by atoms with Crippen molar-refractivity contribution >= 4 is 0 Å². The summed E-state index contributed by atoms with van der Waals surface area (Å²) in [6.07, 6.45) is 0. The fourth-order valence-electron chi connectivity index (χ4n) is 1.71. The van der Waals surface area contributed by atoms with Gasteiger partial charge < -0.3 is 10.1 Å². The van der Waals surface area contributed by atoms with E-state index in [1.165, 1.54) is 16.7 Å². The average Bonchev–Trinajstić information content (AvgIpc) is 2.17. The highest BCUT2D eigenvalue weighted by molar-refractivity contribution is 5.33. The molecule has 0 aliphatic rings. The minimum atomic E-state index is 0.397. The highest BCUT2D eigenvalue weighted by Crippen LogP contribution is 2.12. The van der Waals surface area contributed by atoms with Gasteiger partial charge in [0.15, 0.2) is 0 Å². The van der Waals surface area contributed by atoms with Gasteiger partial charge in [0.25, 0.3) is 0 Å². The Balaban J connectivity index is 2.57. The Morgan fingerprint density at radius 1 is 1.27 bits per heavy atom. The number of ether oxygens (including phenoxy) is 1. The minimum Gasteiger partial charge on any atom is -0.383 e. The van der Waals surface area contributed by atoms with Crippen LogP contribution in [0.3, 0.4) is 0 Å². The topological polar surface area (TPSA) is 21.3 Å². The molecule has 1 rings (SSSR count). The predicted octanol–water partition coefficient (Wildman–Crippen LogP) is 2.43. The van der Waals surface area contributed by atoms with Gasteiger partial charge in [0.1, 0.15) is 0 Å². The number of nitrogens with one attached hydrogen (secondary N) is 1. The zero-order valence-electron chi connectivity index (χ0n) is 10.1. The molecule has 0 bridgehead atoms. The van der Waals surface area contributed by atoms with E-state index in [4.69, 9.17) is 4.74 Å². The van der Waals surface area contributed by atoms with Crippen molar-refractivity contribution in [1.82, 2.24) is 5.32 Å². The van der Waals surface area contributed by atoms with E-state index in [1.54, 1.807) is 7.11 Å². The van der Waals surface area contributed by atoms with Crippen molar-refractivity contribution < 1.29 is 4.74 Å². The molecule has 0 spiro atoms. The first kappa shape index (κ1) is 12.2. The maximum atomic E-state index is 5.09. The van der Waals surface area contributed by atoms with E-state index in [9.17, 15) is 0 Å². The molecule has 0 saturated heterocycles. The van der Waals surface area contributed by atoms with E-state index in [1.807, 2.05) is 0 Å². The number of rotatable bonds is 5. The van der Waals surface area contributed by atoms with E-state index in [2.05, 4.69) is 44.3 Å². The Morgan fingerprint density at radius 2 is 1.87 bits per heavy atom. The molecule has 1 unspecified atom stereocenters. The highest BCUT2D eigenvalue weighted by atomic mass is 16.5. The first-order chi connectivity index (χ1) is 7.15. The molecule has 1 aromatic rings. The van der Waals surface area contributed by atoms with Gasteiger partial charge in [-0.3, -0.25) is 0 Å². The van der Waals surface area contributed by atoms with Crippen LogP contribution in [0, 0.1) is 13.8 Å². The van der Waals surface area contributed by atoms with Crippen molar-refractivity contribution in [2.75, 3.05) is 13.7 Å². The molecule has 0 saturated carbocycles. The number of hydrogen-bond acceptors (Lipinski definition) is 2. The Labute approximate surface area is 92.6 Å². The normalized spacial score (nSPS) is 12.8. The zero-order chi connectivity index (χ0) is 11.3. The molecule has 0 aliphatic heterocycles. The SMILES string of the molecule is COCC(C)NCc1c(C)cccc1C. The van der Waals surface area contributed by atoms with Crippen molar-refractivity contribution in [2.24, 2.45) is 0 Å². The lowest BCUT2D eigenvalue weighted by Crippen LogP contribution is -2.30. The standard InChI is InChI=1S/C13H21NO/c1-10-6-5-7-11(2)13(10)8-14-12(3)9-15-4/h5-7,12,14H,8-9H2,1-4H3. The second-order valence-electron chi connectivity index (χ2n) is 4.11. The molecule has 0 heterocycles. The lowest BCUT2D eigenvalue weighted by atomic mass is 10.0. The van der Waals surface area contributed by atoms with E-state index < -0.39 is 0 Å².